The van der Waals surface area contributed by atoms with Gasteiger partial charge in [0.1, 0.15) is 17.1 Å². The predicted molar refractivity (Wildman–Crippen MR) is 102 cm³/mol. The van der Waals surface area contributed by atoms with Crippen LogP contribution >= 0.6 is 0 Å². The summed E-state index contributed by atoms with van der Waals surface area (Å²) in [5.41, 5.74) is 5.01. The molecule has 3 nitrogen and oxygen atoms in total. The van der Waals surface area contributed by atoms with Crippen LogP contribution in [0.15, 0.2) is 70.5 Å². The fourth-order valence-corrected chi connectivity index (χ4v) is 4.75. The van der Waals surface area contributed by atoms with Crippen molar-refractivity contribution in [3.63, 3.8) is 0 Å². The molecule has 0 aromatic heterocycles. The molecule has 0 fully saturated rings. The Morgan fingerprint density at radius 3 is 1.92 bits per heavy atom. The molecule has 0 saturated carbocycles. The van der Waals surface area contributed by atoms with E-state index in [1.807, 2.05) is 62.4 Å². The van der Waals surface area contributed by atoms with Gasteiger partial charge in [-0.25, -0.2) is 0 Å². The van der Waals surface area contributed by atoms with E-state index in [9.17, 15) is 4.55 Å². The lowest BCUT2D eigenvalue weighted by molar-refractivity contribution is 0.416. The highest BCUT2D eigenvalue weighted by molar-refractivity contribution is 7.92. The minimum atomic E-state index is -1.20. The molecule has 0 spiro atoms. The highest BCUT2D eigenvalue weighted by atomic mass is 32.2. The molecule has 4 heteroatoms. The second kappa shape index (κ2) is 6.14. The summed E-state index contributed by atoms with van der Waals surface area (Å²) in [5, 5.41) is 0. The van der Waals surface area contributed by atoms with Crippen molar-refractivity contribution < 1.29 is 9.29 Å². The molecule has 0 amide bonds. The summed E-state index contributed by atoms with van der Waals surface area (Å²) in [6, 6.07) is 20.1. The van der Waals surface area contributed by atoms with Crippen LogP contribution in [-0.2, 0) is 11.2 Å². The summed E-state index contributed by atoms with van der Waals surface area (Å²) in [4.78, 5) is 3.82. The van der Waals surface area contributed by atoms with E-state index in [1.165, 1.54) is 0 Å². The second-order valence-corrected chi connectivity index (χ2v) is 7.64. The van der Waals surface area contributed by atoms with Crippen LogP contribution in [0.4, 0.5) is 17.1 Å². The average Bonchev–Trinajstić information content (AvgIpc) is 2.63. The molecule has 0 radical (unpaired) electrons. The molecule has 1 heterocycles. The number of hydrogen-bond donors (Lipinski definition) is 0. The quantitative estimate of drug-likeness (QED) is 0.592. The highest BCUT2D eigenvalue weighted by Gasteiger charge is 2.35. The van der Waals surface area contributed by atoms with E-state index in [2.05, 4.69) is 17.0 Å². The Labute approximate surface area is 151 Å². The standard InChI is InChI=1S/C21H19NO2S/c1-14-8-10-17-20(12-14)25(23)21-13-15(2)9-11-18(21)22(17)16-6-4-5-7-19(16)24-3/h4-13H,1-3H3. The Morgan fingerprint density at radius 2 is 1.36 bits per heavy atom. The van der Waals surface area contributed by atoms with Crippen LogP contribution in [0, 0.1) is 13.8 Å². The van der Waals surface area contributed by atoms with Crippen molar-refractivity contribution in [2.24, 2.45) is 0 Å². The van der Waals surface area contributed by atoms with Gasteiger partial charge in [-0.3, -0.25) is 4.90 Å². The average molecular weight is 349 g/mol. The summed E-state index contributed by atoms with van der Waals surface area (Å²) >= 11 is -1.20. The van der Waals surface area contributed by atoms with Crippen molar-refractivity contribution in [2.75, 3.05) is 12.0 Å². The monoisotopic (exact) mass is 349 g/mol. The second-order valence-electron chi connectivity index (χ2n) is 6.22. The number of hydrogen-bond acceptors (Lipinski definition) is 3. The molecule has 0 aliphatic carbocycles. The van der Waals surface area contributed by atoms with E-state index >= 15 is 0 Å². The Kier molecular flexibility index (Phi) is 3.94. The number of nitrogens with zero attached hydrogens (tertiary/aromatic N) is 1. The molecular formula is C21H19NO2S. The lowest BCUT2D eigenvalue weighted by atomic mass is 10.1. The van der Waals surface area contributed by atoms with Crippen LogP contribution in [0.3, 0.4) is 0 Å². The molecular weight excluding hydrogens is 330 g/mol. The lowest BCUT2D eigenvalue weighted by Crippen LogP contribution is -2.22. The Morgan fingerprint density at radius 1 is 0.800 bits per heavy atom. The first-order valence-electron chi connectivity index (χ1n) is 8.16. The molecule has 0 atom stereocenters. The van der Waals surface area contributed by atoms with Gasteiger partial charge in [-0.2, -0.15) is 0 Å². The number of anilines is 3. The van der Waals surface area contributed by atoms with Crippen LogP contribution in [0.1, 0.15) is 11.1 Å². The third-order valence-electron chi connectivity index (χ3n) is 4.44. The normalized spacial score (nSPS) is 13.4. The van der Waals surface area contributed by atoms with Gasteiger partial charge in [-0.05, 0) is 61.4 Å². The first kappa shape index (κ1) is 16.1. The number of aryl methyl sites for hydroxylation is 2. The minimum absolute atomic E-state index is 0.785. The van der Waals surface area contributed by atoms with E-state index in [-0.39, 0.29) is 0 Å². The Balaban J connectivity index is 2.03. The van der Waals surface area contributed by atoms with Crippen LogP contribution in [-0.4, -0.2) is 11.7 Å². The molecule has 3 aromatic rings. The zero-order valence-electron chi connectivity index (χ0n) is 14.4. The minimum Gasteiger partial charge on any atom is -0.606 e. The number of rotatable bonds is 2. The zero-order valence-corrected chi connectivity index (χ0v) is 15.3. The van der Waals surface area contributed by atoms with E-state index in [0.717, 1.165) is 43.7 Å². The number of ether oxygens (including phenoxy) is 1. The van der Waals surface area contributed by atoms with E-state index in [0.29, 0.717) is 0 Å². The summed E-state index contributed by atoms with van der Waals surface area (Å²) < 4.78 is 18.8. The SMILES string of the molecule is COc1ccccc1N1c2ccc(C)cc2[S+]([O-])c2cc(C)ccc21. The van der Waals surface area contributed by atoms with E-state index in [1.54, 1.807) is 7.11 Å². The lowest BCUT2D eigenvalue weighted by Gasteiger charge is -2.33. The third kappa shape index (κ3) is 2.58. The maximum Gasteiger partial charge on any atom is 0.182 e. The topological polar surface area (TPSA) is 35.5 Å². The van der Waals surface area contributed by atoms with Gasteiger partial charge >= 0.3 is 0 Å². The van der Waals surface area contributed by atoms with Crippen molar-refractivity contribution in [3.05, 3.63) is 71.8 Å². The van der Waals surface area contributed by atoms with Gasteiger partial charge in [0, 0.05) is 11.2 Å². The van der Waals surface area contributed by atoms with Gasteiger partial charge in [0.25, 0.3) is 0 Å². The predicted octanol–water partition coefficient (Wildman–Crippen LogP) is 5.26. The fraction of sp³-hybridized carbons (Fsp3) is 0.143. The van der Waals surface area contributed by atoms with Crippen molar-refractivity contribution in [3.8, 4) is 5.75 Å². The van der Waals surface area contributed by atoms with Gasteiger partial charge < -0.3 is 9.29 Å². The largest absolute Gasteiger partial charge is 0.606 e. The third-order valence-corrected chi connectivity index (χ3v) is 5.89. The molecule has 0 bridgehead atoms. The summed E-state index contributed by atoms with van der Waals surface area (Å²) in [6.07, 6.45) is 0. The molecule has 0 N–H and O–H groups in total. The zero-order chi connectivity index (χ0) is 17.6. The first-order valence-corrected chi connectivity index (χ1v) is 9.31. The van der Waals surface area contributed by atoms with Crippen LogP contribution in [0.5, 0.6) is 5.75 Å². The van der Waals surface area contributed by atoms with Gasteiger partial charge in [-0.1, -0.05) is 24.3 Å². The number of fused-ring (bicyclic) bond motifs is 2. The van der Waals surface area contributed by atoms with Crippen molar-refractivity contribution in [1.82, 2.24) is 0 Å². The summed E-state index contributed by atoms with van der Waals surface area (Å²) in [6.45, 7) is 4.05. The maximum absolute atomic E-state index is 13.2. The van der Waals surface area contributed by atoms with Gasteiger partial charge in [0.2, 0.25) is 0 Å². The van der Waals surface area contributed by atoms with Crippen molar-refractivity contribution in [2.45, 2.75) is 23.6 Å². The van der Waals surface area contributed by atoms with Crippen LogP contribution in [0.25, 0.3) is 0 Å². The number of benzene rings is 3. The Hall–Kier alpha value is -2.43. The van der Waals surface area contributed by atoms with Crippen molar-refractivity contribution in [1.29, 1.82) is 0 Å². The van der Waals surface area contributed by atoms with E-state index in [4.69, 9.17) is 4.74 Å². The highest BCUT2D eigenvalue weighted by Crippen LogP contribution is 2.50. The van der Waals surface area contributed by atoms with Crippen molar-refractivity contribution >= 4 is 28.2 Å². The summed E-state index contributed by atoms with van der Waals surface area (Å²) in [7, 11) is 1.67. The number of para-hydroxylation sites is 2. The number of methoxy groups -OCH3 is 1. The van der Waals surface area contributed by atoms with Gasteiger partial charge in [0.15, 0.2) is 9.79 Å². The molecule has 1 aliphatic heterocycles. The Bertz CT molecular complexity index is 901. The summed E-state index contributed by atoms with van der Waals surface area (Å²) in [5.74, 6) is 0.785. The first-order chi connectivity index (χ1) is 12.1. The fourth-order valence-electron chi connectivity index (χ4n) is 3.23. The molecule has 1 aliphatic rings. The molecule has 126 valence electrons. The van der Waals surface area contributed by atoms with Crippen LogP contribution < -0.4 is 9.64 Å². The van der Waals surface area contributed by atoms with E-state index < -0.39 is 11.2 Å². The molecule has 0 saturated heterocycles. The van der Waals surface area contributed by atoms with Gasteiger partial charge in [0.05, 0.1) is 12.8 Å². The maximum atomic E-state index is 13.2. The molecule has 0 unspecified atom stereocenters. The molecule has 4 rings (SSSR count). The smallest absolute Gasteiger partial charge is 0.182 e. The molecule has 3 aromatic carbocycles. The van der Waals surface area contributed by atoms with Crippen LogP contribution in [0.2, 0.25) is 0 Å². The molecule has 25 heavy (non-hydrogen) atoms. The van der Waals surface area contributed by atoms with Gasteiger partial charge in [-0.15, -0.1) is 0 Å².